The lowest BCUT2D eigenvalue weighted by Crippen LogP contribution is -2.07. The van der Waals surface area contributed by atoms with Crippen molar-refractivity contribution in [3.63, 3.8) is 0 Å². The average Bonchev–Trinajstić information content (AvgIpc) is 3.07. The number of carbonyl (C=O) groups excluding carboxylic acids is 1. The van der Waals surface area contributed by atoms with Crippen LogP contribution in [0.3, 0.4) is 0 Å². The van der Waals surface area contributed by atoms with Crippen LogP contribution in [0.4, 0.5) is 5.13 Å². The van der Waals surface area contributed by atoms with Gasteiger partial charge in [0.2, 0.25) is 5.91 Å². The second kappa shape index (κ2) is 9.52. The first-order valence-corrected chi connectivity index (χ1v) is 10.6. The molecule has 1 aromatic heterocycles. The van der Waals surface area contributed by atoms with Crippen molar-refractivity contribution in [2.24, 2.45) is 0 Å². The van der Waals surface area contributed by atoms with Crippen LogP contribution in [0, 0.1) is 6.92 Å². The summed E-state index contributed by atoms with van der Waals surface area (Å²) in [4.78, 5) is 17.9. The fraction of sp³-hybridized carbons (Fsp3) is 0.250. The summed E-state index contributed by atoms with van der Waals surface area (Å²) in [5, 5.41) is 3.46. The lowest BCUT2D eigenvalue weighted by atomic mass is 10.0. The largest absolute Gasteiger partial charge is 0.494 e. The number of hydrogen-bond donors (Lipinski definition) is 1. The van der Waals surface area contributed by atoms with Crippen LogP contribution in [0.2, 0.25) is 0 Å². The van der Waals surface area contributed by atoms with Gasteiger partial charge in [-0.15, -0.1) is 11.3 Å². The minimum Gasteiger partial charge on any atom is -0.494 e. The van der Waals surface area contributed by atoms with E-state index in [9.17, 15) is 4.79 Å². The summed E-state index contributed by atoms with van der Waals surface area (Å²) in [6.07, 6.45) is 3.35. The van der Waals surface area contributed by atoms with Crippen molar-refractivity contribution >= 4 is 28.5 Å². The normalized spacial score (nSPS) is 11.2. The molecule has 2 aromatic carbocycles. The van der Waals surface area contributed by atoms with Gasteiger partial charge in [0.15, 0.2) is 5.13 Å². The summed E-state index contributed by atoms with van der Waals surface area (Å²) in [6.45, 7) is 8.93. The highest BCUT2D eigenvalue weighted by atomic mass is 32.1. The van der Waals surface area contributed by atoms with Crippen LogP contribution in [0.25, 0.3) is 17.3 Å². The molecule has 0 aliphatic rings. The second-order valence-corrected chi connectivity index (χ2v) is 8.23. The molecule has 1 N–H and O–H groups in total. The summed E-state index contributed by atoms with van der Waals surface area (Å²) in [5.74, 6) is 1.14. The van der Waals surface area contributed by atoms with Crippen molar-refractivity contribution in [2.75, 3.05) is 11.9 Å². The first kappa shape index (κ1) is 20.8. The van der Waals surface area contributed by atoms with Gasteiger partial charge in [-0.05, 0) is 61.2 Å². The van der Waals surface area contributed by atoms with Crippen LogP contribution in [0.1, 0.15) is 42.7 Å². The zero-order valence-electron chi connectivity index (χ0n) is 17.2. The molecule has 3 rings (SSSR count). The minimum atomic E-state index is -0.190. The summed E-state index contributed by atoms with van der Waals surface area (Å²) in [5.41, 5.74) is 4.16. The van der Waals surface area contributed by atoms with E-state index in [0.717, 1.165) is 27.4 Å². The van der Waals surface area contributed by atoms with E-state index in [1.165, 1.54) is 23.0 Å². The summed E-state index contributed by atoms with van der Waals surface area (Å²) >= 11 is 1.47. The summed E-state index contributed by atoms with van der Waals surface area (Å²) in [7, 11) is 0. The highest BCUT2D eigenvalue weighted by Gasteiger charge is 2.11. The van der Waals surface area contributed by atoms with Crippen LogP contribution in [0.15, 0.2) is 54.6 Å². The van der Waals surface area contributed by atoms with Gasteiger partial charge in [-0.1, -0.05) is 38.1 Å². The summed E-state index contributed by atoms with van der Waals surface area (Å²) in [6, 6.07) is 16.1. The van der Waals surface area contributed by atoms with Crippen LogP contribution in [-0.4, -0.2) is 17.5 Å². The molecule has 4 nitrogen and oxygen atoms in total. The molecule has 1 amide bonds. The molecule has 150 valence electrons. The highest BCUT2D eigenvalue weighted by molar-refractivity contribution is 7.16. The van der Waals surface area contributed by atoms with Crippen LogP contribution in [-0.2, 0) is 4.79 Å². The number of thiazole rings is 1. The lowest BCUT2D eigenvalue weighted by Gasteiger charge is -2.04. The molecule has 29 heavy (non-hydrogen) atoms. The zero-order chi connectivity index (χ0) is 20.8. The third kappa shape index (κ3) is 5.55. The van der Waals surface area contributed by atoms with E-state index in [1.807, 2.05) is 56.3 Å². The van der Waals surface area contributed by atoms with Gasteiger partial charge in [0.05, 0.1) is 12.3 Å². The molecule has 0 saturated carbocycles. The molecular weight excluding hydrogens is 380 g/mol. The number of aryl methyl sites for hydroxylation is 1. The van der Waals surface area contributed by atoms with Crippen molar-refractivity contribution in [3.8, 4) is 17.0 Å². The first-order chi connectivity index (χ1) is 14.0. The van der Waals surface area contributed by atoms with Gasteiger partial charge in [0.1, 0.15) is 5.75 Å². The molecular formula is C24H26N2O2S. The Balaban J connectivity index is 1.65. The molecule has 0 saturated heterocycles. The Hall–Kier alpha value is -2.92. The van der Waals surface area contributed by atoms with Crippen LogP contribution in [0.5, 0.6) is 5.75 Å². The van der Waals surface area contributed by atoms with E-state index < -0.39 is 0 Å². The SMILES string of the molecule is CCOc1ccc(-c2nc(NC(=O)/C=C/c3ccc(C(C)C)cc3)sc2C)cc1. The van der Waals surface area contributed by atoms with E-state index >= 15 is 0 Å². The first-order valence-electron chi connectivity index (χ1n) is 9.76. The Bertz CT molecular complexity index is 987. The maximum absolute atomic E-state index is 12.3. The number of hydrogen-bond acceptors (Lipinski definition) is 4. The third-order valence-electron chi connectivity index (χ3n) is 4.50. The van der Waals surface area contributed by atoms with Gasteiger partial charge in [0, 0.05) is 16.5 Å². The smallest absolute Gasteiger partial charge is 0.250 e. The Morgan fingerprint density at radius 1 is 1.14 bits per heavy atom. The molecule has 0 aliphatic heterocycles. The molecule has 0 radical (unpaired) electrons. The zero-order valence-corrected chi connectivity index (χ0v) is 18.0. The molecule has 0 unspecified atom stereocenters. The Kier molecular flexibility index (Phi) is 6.83. The monoisotopic (exact) mass is 406 g/mol. The topological polar surface area (TPSA) is 51.2 Å². The number of nitrogens with zero attached hydrogens (tertiary/aromatic N) is 1. The Morgan fingerprint density at radius 3 is 2.45 bits per heavy atom. The number of ether oxygens (including phenoxy) is 1. The Morgan fingerprint density at radius 2 is 1.83 bits per heavy atom. The number of benzene rings is 2. The lowest BCUT2D eigenvalue weighted by molar-refractivity contribution is -0.111. The van der Waals surface area contributed by atoms with Crippen molar-refractivity contribution in [3.05, 3.63) is 70.6 Å². The van der Waals surface area contributed by atoms with E-state index in [2.05, 4.69) is 36.3 Å². The number of aromatic nitrogens is 1. The molecule has 0 bridgehead atoms. The molecule has 5 heteroatoms. The molecule has 1 heterocycles. The van der Waals surface area contributed by atoms with Gasteiger partial charge in [-0.25, -0.2) is 4.98 Å². The molecule has 0 atom stereocenters. The summed E-state index contributed by atoms with van der Waals surface area (Å²) < 4.78 is 5.48. The number of nitrogens with one attached hydrogen (secondary N) is 1. The Labute approximate surface area is 176 Å². The fourth-order valence-electron chi connectivity index (χ4n) is 2.90. The number of amides is 1. The van der Waals surface area contributed by atoms with Gasteiger partial charge in [0.25, 0.3) is 0 Å². The molecule has 3 aromatic rings. The van der Waals surface area contributed by atoms with E-state index in [1.54, 1.807) is 0 Å². The fourth-order valence-corrected chi connectivity index (χ4v) is 3.74. The molecule has 0 fully saturated rings. The molecule has 0 spiro atoms. The van der Waals surface area contributed by atoms with Gasteiger partial charge in [-0.3, -0.25) is 10.1 Å². The van der Waals surface area contributed by atoms with E-state index in [4.69, 9.17) is 4.74 Å². The highest BCUT2D eigenvalue weighted by Crippen LogP contribution is 2.31. The predicted octanol–water partition coefficient (Wildman–Crippen LogP) is 6.29. The van der Waals surface area contributed by atoms with Crippen molar-refractivity contribution in [1.29, 1.82) is 0 Å². The quantitative estimate of drug-likeness (QED) is 0.469. The van der Waals surface area contributed by atoms with E-state index in [0.29, 0.717) is 17.7 Å². The number of anilines is 1. The van der Waals surface area contributed by atoms with Gasteiger partial charge in [-0.2, -0.15) is 0 Å². The van der Waals surface area contributed by atoms with Crippen LogP contribution < -0.4 is 10.1 Å². The maximum atomic E-state index is 12.3. The standard InChI is InChI=1S/C24H26N2O2S/c1-5-28-21-13-11-20(12-14-21)23-17(4)29-24(26-23)25-22(27)15-8-18-6-9-19(10-7-18)16(2)3/h6-16H,5H2,1-4H3,(H,25,26,27)/b15-8+. The average molecular weight is 407 g/mol. The third-order valence-corrected chi connectivity index (χ3v) is 5.38. The van der Waals surface area contributed by atoms with Gasteiger partial charge < -0.3 is 4.74 Å². The van der Waals surface area contributed by atoms with Crippen molar-refractivity contribution < 1.29 is 9.53 Å². The van der Waals surface area contributed by atoms with Crippen molar-refractivity contribution in [1.82, 2.24) is 4.98 Å². The number of rotatable bonds is 7. The van der Waals surface area contributed by atoms with Gasteiger partial charge >= 0.3 is 0 Å². The molecule has 0 aliphatic carbocycles. The predicted molar refractivity (Wildman–Crippen MR) is 122 cm³/mol. The maximum Gasteiger partial charge on any atom is 0.250 e. The number of carbonyl (C=O) groups is 1. The van der Waals surface area contributed by atoms with E-state index in [-0.39, 0.29) is 5.91 Å². The minimum absolute atomic E-state index is 0.190. The second-order valence-electron chi connectivity index (χ2n) is 7.03. The van der Waals surface area contributed by atoms with Crippen molar-refractivity contribution in [2.45, 2.75) is 33.6 Å². The van der Waals surface area contributed by atoms with Crippen LogP contribution >= 0.6 is 11.3 Å².